The first kappa shape index (κ1) is 9.39. The van der Waals surface area contributed by atoms with Gasteiger partial charge in [-0.25, -0.2) is 5.48 Å². The molecule has 2 N–H and O–H groups in total. The largest absolute Gasteiger partial charge is 0.321 e. The van der Waals surface area contributed by atoms with Crippen LogP contribution in [0, 0.1) is 0 Å². The van der Waals surface area contributed by atoms with Gasteiger partial charge in [0.15, 0.2) is 6.04 Å². The lowest BCUT2D eigenvalue weighted by Crippen LogP contribution is -2.51. The van der Waals surface area contributed by atoms with Crippen LogP contribution in [-0.4, -0.2) is 42.8 Å². The van der Waals surface area contributed by atoms with Gasteiger partial charge in [-0.05, 0) is 6.92 Å². The van der Waals surface area contributed by atoms with Gasteiger partial charge in [0.2, 0.25) is 0 Å². The number of hydrogen-bond donors (Lipinski definition) is 2. The number of amides is 1. The van der Waals surface area contributed by atoms with E-state index in [1.165, 1.54) is 0 Å². The van der Waals surface area contributed by atoms with Gasteiger partial charge in [-0.1, -0.05) is 0 Å². The topological polar surface area (TPSA) is 49.3 Å². The van der Waals surface area contributed by atoms with Gasteiger partial charge >= 0.3 is 5.91 Å². The predicted molar refractivity (Wildman–Crippen MR) is 37.4 cm³/mol. The minimum Gasteiger partial charge on any atom is -0.321 e. The van der Waals surface area contributed by atoms with Crippen molar-refractivity contribution in [1.82, 2.24) is 5.48 Å². The summed E-state index contributed by atoms with van der Waals surface area (Å²) >= 11 is 0. The summed E-state index contributed by atoms with van der Waals surface area (Å²) in [6.07, 6.45) is 0. The molecule has 0 rings (SSSR count). The zero-order valence-electron chi connectivity index (χ0n) is 6.88. The number of nitrogens with zero attached hydrogens (tertiary/aromatic N) is 1. The molecule has 0 radical (unpaired) electrons. The van der Waals surface area contributed by atoms with Gasteiger partial charge in [0.05, 0.1) is 21.1 Å². The fraction of sp³-hybridized carbons (Fsp3) is 0.833. The Hall–Kier alpha value is -0.610. The first-order valence-corrected chi connectivity index (χ1v) is 3.14. The van der Waals surface area contributed by atoms with Crippen LogP contribution in [0.15, 0.2) is 0 Å². The van der Waals surface area contributed by atoms with E-state index < -0.39 is 0 Å². The van der Waals surface area contributed by atoms with E-state index in [1.807, 2.05) is 21.1 Å². The smallest absolute Gasteiger partial charge is 0.301 e. The number of rotatable bonds is 2. The van der Waals surface area contributed by atoms with Crippen LogP contribution in [0.5, 0.6) is 0 Å². The van der Waals surface area contributed by atoms with Crippen molar-refractivity contribution in [2.75, 3.05) is 21.1 Å². The Labute approximate surface area is 61.0 Å². The lowest BCUT2D eigenvalue weighted by Gasteiger charge is -2.29. The molecular formula is C6H15N2O2+. The molecule has 0 aromatic carbocycles. The average molecular weight is 147 g/mol. The number of quaternary nitrogens is 1. The maximum Gasteiger partial charge on any atom is 0.301 e. The Morgan fingerprint density at radius 2 is 1.90 bits per heavy atom. The van der Waals surface area contributed by atoms with E-state index in [2.05, 4.69) is 0 Å². The van der Waals surface area contributed by atoms with E-state index >= 15 is 0 Å². The molecule has 4 heteroatoms. The summed E-state index contributed by atoms with van der Waals surface area (Å²) in [6.45, 7) is 1.76. The van der Waals surface area contributed by atoms with Gasteiger partial charge in [0.1, 0.15) is 0 Å². The highest BCUT2D eigenvalue weighted by Crippen LogP contribution is 2.00. The normalized spacial score (nSPS) is 14.5. The van der Waals surface area contributed by atoms with Crippen molar-refractivity contribution in [1.29, 1.82) is 0 Å². The van der Waals surface area contributed by atoms with Crippen LogP contribution >= 0.6 is 0 Å². The van der Waals surface area contributed by atoms with E-state index in [0.717, 1.165) is 0 Å². The van der Waals surface area contributed by atoms with Crippen LogP contribution < -0.4 is 5.48 Å². The Bertz CT molecular complexity index is 128. The van der Waals surface area contributed by atoms with E-state index in [0.29, 0.717) is 4.48 Å². The summed E-state index contributed by atoms with van der Waals surface area (Å²) in [6, 6.07) is -0.231. The molecule has 0 aliphatic carbocycles. The maximum atomic E-state index is 10.8. The SMILES string of the molecule is CC(C(=O)NO)[N+](C)(C)C. The molecule has 1 atom stereocenters. The van der Waals surface area contributed by atoms with E-state index in [9.17, 15) is 4.79 Å². The second kappa shape index (κ2) is 2.98. The second-order valence-electron chi connectivity index (χ2n) is 3.27. The van der Waals surface area contributed by atoms with Crippen molar-refractivity contribution in [3.8, 4) is 0 Å². The first-order chi connectivity index (χ1) is 4.39. The molecule has 0 bridgehead atoms. The highest BCUT2D eigenvalue weighted by molar-refractivity contribution is 5.78. The molecule has 0 fully saturated rings. The Kier molecular flexibility index (Phi) is 2.80. The van der Waals surface area contributed by atoms with Crippen LogP contribution in [0.1, 0.15) is 6.92 Å². The van der Waals surface area contributed by atoms with Crippen LogP contribution in [0.2, 0.25) is 0 Å². The zero-order valence-corrected chi connectivity index (χ0v) is 6.88. The molecule has 4 nitrogen and oxygen atoms in total. The third-order valence-electron chi connectivity index (χ3n) is 1.65. The summed E-state index contributed by atoms with van der Waals surface area (Å²) in [5, 5.41) is 8.26. The molecule has 0 spiro atoms. The molecule has 1 unspecified atom stereocenters. The number of carbonyl (C=O) groups excluding carboxylic acids is 1. The molecule has 0 saturated heterocycles. The summed E-state index contributed by atoms with van der Waals surface area (Å²) in [7, 11) is 5.67. The van der Waals surface area contributed by atoms with Gasteiger partial charge in [-0.3, -0.25) is 10.0 Å². The number of nitrogens with one attached hydrogen (secondary N) is 1. The molecule has 0 aromatic heterocycles. The molecule has 0 saturated carbocycles. The number of carbonyl (C=O) groups is 1. The second-order valence-corrected chi connectivity index (χ2v) is 3.27. The highest BCUT2D eigenvalue weighted by Gasteiger charge is 2.25. The van der Waals surface area contributed by atoms with Crippen LogP contribution in [-0.2, 0) is 4.79 Å². The molecule has 0 heterocycles. The summed E-state index contributed by atoms with van der Waals surface area (Å²) in [5.41, 5.74) is 1.62. The molecule has 0 aliphatic heterocycles. The van der Waals surface area contributed by atoms with Crippen LogP contribution in [0.3, 0.4) is 0 Å². The monoisotopic (exact) mass is 147 g/mol. The molecule has 60 valence electrons. The van der Waals surface area contributed by atoms with Crippen molar-refractivity contribution >= 4 is 5.91 Å². The molecule has 1 amide bonds. The fourth-order valence-corrected chi connectivity index (χ4v) is 0.445. The van der Waals surface area contributed by atoms with Crippen molar-refractivity contribution in [3.63, 3.8) is 0 Å². The highest BCUT2D eigenvalue weighted by atomic mass is 16.5. The molecule has 0 aromatic rings. The third-order valence-corrected chi connectivity index (χ3v) is 1.65. The minimum atomic E-state index is -0.354. The Balaban J connectivity index is 4.08. The molecule has 10 heavy (non-hydrogen) atoms. The average Bonchev–Trinajstić information content (AvgIpc) is 1.83. The van der Waals surface area contributed by atoms with E-state index in [4.69, 9.17) is 5.21 Å². The maximum absolute atomic E-state index is 10.8. The fourth-order valence-electron chi connectivity index (χ4n) is 0.445. The molecule has 0 aliphatic rings. The first-order valence-electron chi connectivity index (χ1n) is 3.14. The third kappa shape index (κ3) is 2.33. The van der Waals surface area contributed by atoms with Crippen LogP contribution in [0.25, 0.3) is 0 Å². The Morgan fingerprint density at radius 3 is 2.00 bits per heavy atom. The quantitative estimate of drug-likeness (QED) is 0.317. The summed E-state index contributed by atoms with van der Waals surface area (Å²) in [4.78, 5) is 10.8. The standard InChI is InChI=1S/C6H14N2O2/c1-5(6(9)7-10)8(2,3)4/h5H,1-4H3,(H-,7,9,10)/p+1. The van der Waals surface area contributed by atoms with Crippen molar-refractivity contribution < 1.29 is 14.5 Å². The Morgan fingerprint density at radius 1 is 1.50 bits per heavy atom. The molecular weight excluding hydrogens is 132 g/mol. The minimum absolute atomic E-state index is 0.231. The van der Waals surface area contributed by atoms with Crippen molar-refractivity contribution in [2.45, 2.75) is 13.0 Å². The zero-order chi connectivity index (χ0) is 8.36. The lowest BCUT2D eigenvalue weighted by atomic mass is 10.2. The van der Waals surface area contributed by atoms with Gasteiger partial charge in [0.25, 0.3) is 0 Å². The lowest BCUT2D eigenvalue weighted by molar-refractivity contribution is -0.884. The van der Waals surface area contributed by atoms with Crippen molar-refractivity contribution in [2.24, 2.45) is 0 Å². The summed E-state index contributed by atoms with van der Waals surface area (Å²) in [5.74, 6) is -0.354. The predicted octanol–water partition coefficient (Wildman–Crippen LogP) is -0.413. The number of hydroxylamine groups is 1. The number of likely N-dealkylation sites (N-methyl/N-ethyl adjacent to an activating group) is 1. The number of hydrogen-bond acceptors (Lipinski definition) is 2. The van der Waals surface area contributed by atoms with Gasteiger partial charge in [0, 0.05) is 0 Å². The van der Waals surface area contributed by atoms with Gasteiger partial charge in [-0.2, -0.15) is 0 Å². The van der Waals surface area contributed by atoms with Crippen molar-refractivity contribution in [3.05, 3.63) is 0 Å². The van der Waals surface area contributed by atoms with Gasteiger partial charge < -0.3 is 4.48 Å². The van der Waals surface area contributed by atoms with E-state index in [1.54, 1.807) is 12.4 Å². The van der Waals surface area contributed by atoms with Gasteiger partial charge in [-0.15, -0.1) is 0 Å². The van der Waals surface area contributed by atoms with E-state index in [-0.39, 0.29) is 11.9 Å². The summed E-state index contributed by atoms with van der Waals surface area (Å²) < 4.78 is 0.506. The van der Waals surface area contributed by atoms with Crippen LogP contribution in [0.4, 0.5) is 0 Å².